The molecule has 0 aromatic carbocycles. The Morgan fingerprint density at radius 3 is 2.67 bits per heavy atom. The first kappa shape index (κ1) is 11.7. The average molecular weight is 256 g/mol. The molecule has 0 N–H and O–H groups in total. The molecule has 0 amide bonds. The van der Waals surface area contributed by atoms with Crippen LogP contribution in [0.25, 0.3) is 0 Å². The zero-order chi connectivity index (χ0) is 14.1. The summed E-state index contributed by atoms with van der Waals surface area (Å²) in [5.41, 5.74) is -0.681. The molecule has 1 aliphatic heterocycles. The maximum Gasteiger partial charge on any atom is 0.116 e. The van der Waals surface area contributed by atoms with Gasteiger partial charge < -0.3 is 14.2 Å². The number of ether oxygens (including phenoxy) is 3. The van der Waals surface area contributed by atoms with E-state index in [2.05, 4.69) is 34.6 Å². The van der Waals surface area contributed by atoms with Gasteiger partial charge in [-0.2, -0.15) is 0 Å². The molecule has 0 radical (unpaired) electrons. The van der Waals surface area contributed by atoms with Crippen LogP contribution in [0.4, 0.5) is 0 Å². The molecule has 3 nitrogen and oxygen atoms in total. The van der Waals surface area contributed by atoms with Crippen LogP contribution < -0.4 is 0 Å². The minimum atomic E-state index is -0.471. The van der Waals surface area contributed by atoms with Gasteiger partial charge in [0.25, 0.3) is 0 Å². The Hall–Kier alpha value is -0.120. The van der Waals surface area contributed by atoms with E-state index in [1.165, 1.54) is 0 Å². The van der Waals surface area contributed by atoms with Crippen molar-refractivity contribution in [2.45, 2.75) is 82.9 Å². The van der Waals surface area contributed by atoms with Gasteiger partial charge in [-0.1, -0.05) is 0 Å². The Morgan fingerprint density at radius 2 is 2.06 bits per heavy atom. The van der Waals surface area contributed by atoms with Gasteiger partial charge in [0.2, 0.25) is 0 Å². The molecule has 0 spiro atoms. The first-order valence-corrected chi connectivity index (χ1v) is 7.13. The van der Waals surface area contributed by atoms with E-state index in [4.69, 9.17) is 15.6 Å². The van der Waals surface area contributed by atoms with Gasteiger partial charge in [-0.15, -0.1) is 0 Å². The van der Waals surface area contributed by atoms with Crippen LogP contribution in [-0.4, -0.2) is 35.6 Å². The second-order valence-corrected chi connectivity index (χ2v) is 7.39. The summed E-state index contributed by atoms with van der Waals surface area (Å²) in [6, 6.07) is 0. The molecule has 18 heavy (non-hydrogen) atoms. The lowest BCUT2D eigenvalue weighted by molar-refractivity contribution is -0.182. The largest absolute Gasteiger partial charge is 0.372 e. The van der Waals surface area contributed by atoms with Crippen LogP contribution in [0, 0.1) is 5.92 Å². The fourth-order valence-electron chi connectivity index (χ4n) is 3.97. The van der Waals surface area contributed by atoms with Crippen molar-refractivity contribution in [3.05, 3.63) is 0 Å². The van der Waals surface area contributed by atoms with Crippen LogP contribution in [0.15, 0.2) is 0 Å². The second-order valence-electron chi connectivity index (χ2n) is 7.39. The van der Waals surface area contributed by atoms with E-state index in [1.54, 1.807) is 0 Å². The Balaban J connectivity index is 1.85. The van der Waals surface area contributed by atoms with Crippen molar-refractivity contribution in [2.75, 3.05) is 6.58 Å². The maximum absolute atomic E-state index is 7.98. The van der Waals surface area contributed by atoms with Crippen LogP contribution in [0.2, 0.25) is 0 Å². The monoisotopic (exact) mass is 256 g/mol. The zero-order valence-corrected chi connectivity index (χ0v) is 12.2. The first-order valence-electron chi connectivity index (χ1n) is 7.70. The summed E-state index contributed by atoms with van der Waals surface area (Å²) in [6.07, 6.45) is 2.86. The summed E-state index contributed by atoms with van der Waals surface area (Å²) in [5.74, 6) is 0.551. The van der Waals surface area contributed by atoms with Crippen molar-refractivity contribution >= 4 is 0 Å². The molecule has 3 aliphatic rings. The molecule has 2 aliphatic carbocycles. The lowest BCUT2D eigenvalue weighted by Gasteiger charge is -2.39. The predicted octanol–water partition coefficient (Wildman–Crippen LogP) is 2.92. The van der Waals surface area contributed by atoms with Crippen LogP contribution in [0.1, 0.15) is 55.3 Å². The van der Waals surface area contributed by atoms with Crippen molar-refractivity contribution < 1.29 is 15.6 Å². The molecule has 3 heteroatoms. The molecule has 5 atom stereocenters. The number of rotatable bonds is 3. The highest BCUT2D eigenvalue weighted by Crippen LogP contribution is 2.67. The molecule has 104 valence electrons. The molecule has 0 unspecified atom stereocenters. The molecule has 1 heterocycles. The molecule has 0 aromatic rings. The third kappa shape index (κ3) is 1.83. The lowest BCUT2D eigenvalue weighted by Crippen LogP contribution is -2.49. The Labute approximate surface area is 112 Å². The Morgan fingerprint density at radius 1 is 1.33 bits per heavy atom. The molecule has 3 rings (SSSR count). The molecule has 0 aromatic heterocycles. The van der Waals surface area contributed by atoms with Crippen molar-refractivity contribution in [3.8, 4) is 0 Å². The summed E-state index contributed by atoms with van der Waals surface area (Å²) in [5, 5.41) is 0. The second kappa shape index (κ2) is 3.71. The Kier molecular flexibility index (Phi) is 2.41. The first-order chi connectivity index (χ1) is 8.67. The number of hydrogen-bond donors (Lipinski definition) is 0. The van der Waals surface area contributed by atoms with Crippen LogP contribution in [-0.2, 0) is 14.2 Å². The van der Waals surface area contributed by atoms with E-state index >= 15 is 0 Å². The standard InChI is InChI=1S/C15H26O3/c1-10(2)17-15-9-11(15)8-14(18-13(3,4)5)6-7-16-12(14)15/h10-12H,6-9H2,1-5H3/t11-,12+,14-,15-/m1/s1/i7T/t7-,11+,12-,14+,15+/m0. The van der Waals surface area contributed by atoms with Crippen LogP contribution >= 0.6 is 0 Å². The van der Waals surface area contributed by atoms with E-state index < -0.39 is 6.58 Å². The van der Waals surface area contributed by atoms with Crippen molar-refractivity contribution in [1.29, 1.82) is 0 Å². The quantitative estimate of drug-likeness (QED) is 0.777. The van der Waals surface area contributed by atoms with E-state index in [0.717, 1.165) is 12.8 Å². The van der Waals surface area contributed by atoms with E-state index in [1.807, 2.05) is 0 Å². The minimum absolute atomic E-state index is 0.0610. The molecule has 3 fully saturated rings. The van der Waals surface area contributed by atoms with E-state index in [9.17, 15) is 0 Å². The average Bonchev–Trinajstić information content (AvgIpc) is 2.62. The maximum atomic E-state index is 7.98. The summed E-state index contributed by atoms with van der Waals surface area (Å²) in [4.78, 5) is 0. The van der Waals surface area contributed by atoms with Gasteiger partial charge in [-0.25, -0.2) is 0 Å². The highest BCUT2D eigenvalue weighted by atomic mass is 16.6. The summed E-state index contributed by atoms with van der Waals surface area (Å²) in [6.45, 7) is 9.91. The van der Waals surface area contributed by atoms with Crippen molar-refractivity contribution in [2.24, 2.45) is 5.92 Å². The van der Waals surface area contributed by atoms with Gasteiger partial charge in [0.15, 0.2) is 0 Å². The van der Waals surface area contributed by atoms with Crippen LogP contribution in [0.5, 0.6) is 0 Å². The summed E-state index contributed by atoms with van der Waals surface area (Å²) in [7, 11) is 0. The van der Waals surface area contributed by atoms with Gasteiger partial charge in [0, 0.05) is 6.42 Å². The smallest absolute Gasteiger partial charge is 0.116 e. The molecular formula is C15H26O3. The van der Waals surface area contributed by atoms with Gasteiger partial charge >= 0.3 is 0 Å². The van der Waals surface area contributed by atoms with Gasteiger partial charge in [0.05, 0.1) is 19.7 Å². The zero-order valence-electron chi connectivity index (χ0n) is 13.2. The topological polar surface area (TPSA) is 27.7 Å². The highest BCUT2D eigenvalue weighted by molar-refractivity contribution is 5.26. The third-order valence-electron chi connectivity index (χ3n) is 4.24. The molecular weight excluding hydrogens is 228 g/mol. The predicted molar refractivity (Wildman–Crippen MR) is 69.6 cm³/mol. The summed E-state index contributed by atoms with van der Waals surface area (Å²) >= 11 is 0. The van der Waals surface area contributed by atoms with Crippen molar-refractivity contribution in [3.63, 3.8) is 0 Å². The highest BCUT2D eigenvalue weighted by Gasteiger charge is 2.76. The van der Waals surface area contributed by atoms with E-state index in [0.29, 0.717) is 12.3 Å². The normalized spacial score (nSPS) is 51.2. The van der Waals surface area contributed by atoms with Crippen LogP contribution in [0.3, 0.4) is 0 Å². The van der Waals surface area contributed by atoms with Gasteiger partial charge in [0.1, 0.15) is 17.3 Å². The lowest BCUT2D eigenvalue weighted by atomic mass is 9.91. The van der Waals surface area contributed by atoms with Crippen molar-refractivity contribution in [1.82, 2.24) is 0 Å². The van der Waals surface area contributed by atoms with Gasteiger partial charge in [-0.3, -0.25) is 0 Å². The number of hydrogen-bond acceptors (Lipinski definition) is 3. The minimum Gasteiger partial charge on any atom is -0.372 e. The number of fused-ring (bicyclic) bond motifs is 3. The third-order valence-corrected chi connectivity index (χ3v) is 4.24. The summed E-state index contributed by atoms with van der Waals surface area (Å²) < 4.78 is 26.4. The SMILES string of the molecule is [3H][C@H]1C[C@@]2(OC(C)(C)C)C[C@@H]3C[C@]3(OC(C)C)[C@H]2O1. The fourth-order valence-corrected chi connectivity index (χ4v) is 3.97. The molecule has 0 bridgehead atoms. The van der Waals surface area contributed by atoms with Gasteiger partial charge in [-0.05, 0) is 53.4 Å². The molecule has 1 saturated heterocycles. The fraction of sp³-hybridized carbons (Fsp3) is 1.00. The molecule has 2 saturated carbocycles. The Bertz CT molecular complexity index is 378. The van der Waals surface area contributed by atoms with E-state index in [-0.39, 0.29) is 29.0 Å².